The SMILES string of the molecule is Cc1ccc(-c2nc(-c3[nH]ncc3Br)no2)c(C2CC2)n1. The molecule has 3 aromatic rings. The number of aromatic amines is 1. The molecule has 0 saturated heterocycles. The van der Waals surface area contributed by atoms with Crippen molar-refractivity contribution in [3.63, 3.8) is 0 Å². The monoisotopic (exact) mass is 345 g/mol. The van der Waals surface area contributed by atoms with Gasteiger partial charge in [-0.25, -0.2) is 0 Å². The first kappa shape index (κ1) is 12.7. The van der Waals surface area contributed by atoms with Crippen molar-refractivity contribution in [3.05, 3.63) is 34.2 Å². The highest BCUT2D eigenvalue weighted by molar-refractivity contribution is 9.10. The molecule has 0 spiro atoms. The van der Waals surface area contributed by atoms with Gasteiger partial charge in [0.25, 0.3) is 5.89 Å². The number of nitrogens with one attached hydrogen (secondary N) is 1. The third-order valence-electron chi connectivity index (χ3n) is 3.50. The Labute approximate surface area is 129 Å². The van der Waals surface area contributed by atoms with Crippen LogP contribution >= 0.6 is 15.9 Å². The molecule has 0 aliphatic heterocycles. The fourth-order valence-electron chi connectivity index (χ4n) is 2.29. The van der Waals surface area contributed by atoms with E-state index in [0.29, 0.717) is 23.3 Å². The molecule has 0 unspecified atom stereocenters. The summed E-state index contributed by atoms with van der Waals surface area (Å²) in [6, 6.07) is 3.98. The number of rotatable bonds is 3. The van der Waals surface area contributed by atoms with E-state index in [2.05, 4.69) is 41.3 Å². The Morgan fingerprint density at radius 2 is 2.14 bits per heavy atom. The Bertz CT molecular complexity index is 805. The molecule has 0 atom stereocenters. The first-order valence-electron chi connectivity index (χ1n) is 6.73. The van der Waals surface area contributed by atoms with Gasteiger partial charge in [0.2, 0.25) is 5.82 Å². The van der Waals surface area contributed by atoms with Gasteiger partial charge in [-0.1, -0.05) is 5.16 Å². The fourth-order valence-corrected chi connectivity index (χ4v) is 2.66. The van der Waals surface area contributed by atoms with Crippen LogP contribution in [-0.4, -0.2) is 25.3 Å². The summed E-state index contributed by atoms with van der Waals surface area (Å²) in [6.45, 7) is 2.00. The smallest absolute Gasteiger partial charge is 0.260 e. The van der Waals surface area contributed by atoms with E-state index in [1.165, 1.54) is 12.8 Å². The van der Waals surface area contributed by atoms with E-state index in [-0.39, 0.29) is 0 Å². The van der Waals surface area contributed by atoms with Crippen molar-refractivity contribution >= 4 is 15.9 Å². The highest BCUT2D eigenvalue weighted by Crippen LogP contribution is 2.43. The Kier molecular flexibility index (Phi) is 2.88. The summed E-state index contributed by atoms with van der Waals surface area (Å²) < 4.78 is 6.22. The van der Waals surface area contributed by atoms with Crippen molar-refractivity contribution in [2.75, 3.05) is 0 Å². The average molecular weight is 346 g/mol. The molecule has 3 aromatic heterocycles. The first-order valence-corrected chi connectivity index (χ1v) is 7.52. The van der Waals surface area contributed by atoms with Gasteiger partial charge in [-0.2, -0.15) is 10.1 Å². The Morgan fingerprint density at radius 1 is 1.29 bits per heavy atom. The summed E-state index contributed by atoms with van der Waals surface area (Å²) in [5.74, 6) is 1.51. The molecule has 4 rings (SSSR count). The zero-order valence-electron chi connectivity index (χ0n) is 11.3. The molecule has 0 bridgehead atoms. The number of hydrogen-bond donors (Lipinski definition) is 1. The summed E-state index contributed by atoms with van der Waals surface area (Å²) in [5.41, 5.74) is 3.71. The average Bonchev–Trinajstić information content (AvgIpc) is 3.06. The third kappa shape index (κ3) is 2.27. The maximum Gasteiger partial charge on any atom is 0.260 e. The number of hydrogen-bond acceptors (Lipinski definition) is 5. The predicted octanol–water partition coefficient (Wildman–Crippen LogP) is 3.47. The van der Waals surface area contributed by atoms with E-state index in [4.69, 9.17) is 4.52 Å². The van der Waals surface area contributed by atoms with Gasteiger partial charge in [0.05, 0.1) is 21.9 Å². The first-order chi connectivity index (χ1) is 10.2. The molecule has 106 valence electrons. The van der Waals surface area contributed by atoms with Crippen LogP contribution in [0.3, 0.4) is 0 Å². The van der Waals surface area contributed by atoms with Crippen LogP contribution in [0.25, 0.3) is 23.0 Å². The highest BCUT2D eigenvalue weighted by atomic mass is 79.9. The molecule has 6 nitrogen and oxygen atoms in total. The third-order valence-corrected chi connectivity index (χ3v) is 4.10. The van der Waals surface area contributed by atoms with E-state index >= 15 is 0 Å². The molecular weight excluding hydrogens is 334 g/mol. The van der Waals surface area contributed by atoms with Gasteiger partial charge in [0.1, 0.15) is 5.69 Å². The second-order valence-electron chi connectivity index (χ2n) is 5.18. The molecule has 7 heteroatoms. The van der Waals surface area contributed by atoms with E-state index in [9.17, 15) is 0 Å². The van der Waals surface area contributed by atoms with Crippen LogP contribution in [0.2, 0.25) is 0 Å². The molecule has 0 aromatic carbocycles. The summed E-state index contributed by atoms with van der Waals surface area (Å²) in [7, 11) is 0. The molecule has 1 fully saturated rings. The molecule has 0 radical (unpaired) electrons. The van der Waals surface area contributed by atoms with Crippen molar-refractivity contribution in [1.29, 1.82) is 0 Å². The summed E-state index contributed by atoms with van der Waals surface area (Å²) in [4.78, 5) is 9.11. The van der Waals surface area contributed by atoms with Crippen molar-refractivity contribution < 1.29 is 4.52 Å². The van der Waals surface area contributed by atoms with Crippen LogP contribution in [0.1, 0.15) is 30.1 Å². The van der Waals surface area contributed by atoms with Crippen molar-refractivity contribution in [2.24, 2.45) is 0 Å². The number of H-pyrrole nitrogens is 1. The van der Waals surface area contributed by atoms with Gasteiger partial charge < -0.3 is 4.52 Å². The molecule has 21 heavy (non-hydrogen) atoms. The van der Waals surface area contributed by atoms with Gasteiger partial charge in [-0.05, 0) is 47.8 Å². The topological polar surface area (TPSA) is 80.5 Å². The van der Waals surface area contributed by atoms with Crippen molar-refractivity contribution in [1.82, 2.24) is 25.3 Å². The van der Waals surface area contributed by atoms with Crippen molar-refractivity contribution in [3.8, 4) is 23.0 Å². The van der Waals surface area contributed by atoms with Crippen LogP contribution in [0.5, 0.6) is 0 Å². The summed E-state index contributed by atoms with van der Waals surface area (Å²) >= 11 is 3.40. The second kappa shape index (κ2) is 4.77. The molecule has 1 N–H and O–H groups in total. The molecule has 1 aliphatic rings. The molecule has 3 heterocycles. The van der Waals surface area contributed by atoms with Crippen LogP contribution in [-0.2, 0) is 0 Å². The minimum absolute atomic E-state index is 0.483. The largest absolute Gasteiger partial charge is 0.333 e. The number of aryl methyl sites for hydroxylation is 1. The number of aromatic nitrogens is 5. The lowest BCUT2D eigenvalue weighted by atomic mass is 10.1. The Hall–Kier alpha value is -2.02. The quantitative estimate of drug-likeness (QED) is 0.785. The van der Waals surface area contributed by atoms with Crippen LogP contribution in [0.4, 0.5) is 0 Å². The minimum atomic E-state index is 0.483. The minimum Gasteiger partial charge on any atom is -0.333 e. The zero-order chi connectivity index (χ0) is 14.4. The molecular formula is C14H12BrN5O. The molecule has 1 aliphatic carbocycles. The maximum absolute atomic E-state index is 5.42. The standard InChI is InChI=1S/C14H12BrN5O/c1-7-2-5-9(11(17-7)8-3-4-8)14-18-13(20-21-14)12-10(15)6-16-19-12/h2,5-6,8H,3-4H2,1H3,(H,16,19). The Balaban J connectivity index is 1.78. The van der Waals surface area contributed by atoms with Crippen molar-refractivity contribution in [2.45, 2.75) is 25.7 Å². The van der Waals surface area contributed by atoms with Crippen LogP contribution in [0.15, 0.2) is 27.3 Å². The zero-order valence-corrected chi connectivity index (χ0v) is 12.9. The van der Waals surface area contributed by atoms with E-state index < -0.39 is 0 Å². The number of halogens is 1. The molecule has 1 saturated carbocycles. The van der Waals surface area contributed by atoms with E-state index in [1.54, 1.807) is 6.20 Å². The van der Waals surface area contributed by atoms with Gasteiger partial charge in [0, 0.05) is 11.6 Å². The lowest BCUT2D eigenvalue weighted by Gasteiger charge is -2.04. The number of pyridine rings is 1. The van der Waals surface area contributed by atoms with Gasteiger partial charge in [0.15, 0.2) is 0 Å². The van der Waals surface area contributed by atoms with Crippen LogP contribution in [0, 0.1) is 6.92 Å². The lowest BCUT2D eigenvalue weighted by Crippen LogP contribution is -1.94. The van der Waals surface area contributed by atoms with Gasteiger partial charge >= 0.3 is 0 Å². The van der Waals surface area contributed by atoms with Gasteiger partial charge in [-0.15, -0.1) is 0 Å². The highest BCUT2D eigenvalue weighted by Gasteiger charge is 2.30. The van der Waals surface area contributed by atoms with Gasteiger partial charge in [-0.3, -0.25) is 10.1 Å². The fraction of sp³-hybridized carbons (Fsp3) is 0.286. The van der Waals surface area contributed by atoms with E-state index in [0.717, 1.165) is 21.4 Å². The predicted molar refractivity (Wildman–Crippen MR) is 79.5 cm³/mol. The normalized spacial score (nSPS) is 14.6. The van der Waals surface area contributed by atoms with E-state index in [1.807, 2.05) is 19.1 Å². The lowest BCUT2D eigenvalue weighted by molar-refractivity contribution is 0.431. The maximum atomic E-state index is 5.42. The Morgan fingerprint density at radius 3 is 2.86 bits per heavy atom. The summed E-state index contributed by atoms with van der Waals surface area (Å²) in [6.07, 6.45) is 4.02. The van der Waals surface area contributed by atoms with Crippen LogP contribution < -0.4 is 0 Å². The molecule has 0 amide bonds. The second-order valence-corrected chi connectivity index (χ2v) is 6.03. The summed E-state index contributed by atoms with van der Waals surface area (Å²) in [5, 5.41) is 10.8. The number of nitrogens with zero attached hydrogens (tertiary/aromatic N) is 4.